The van der Waals surface area contributed by atoms with Crippen LogP contribution in [0.4, 0.5) is 24.0 Å². The lowest BCUT2D eigenvalue weighted by atomic mass is 9.99. The number of rotatable bonds is 4. The number of anilines is 2. The molecule has 0 radical (unpaired) electrons. The van der Waals surface area contributed by atoms with Gasteiger partial charge in [0.2, 0.25) is 0 Å². The first kappa shape index (κ1) is 19.6. The van der Waals surface area contributed by atoms with Crippen molar-refractivity contribution in [3.05, 3.63) is 52.9 Å². The van der Waals surface area contributed by atoms with Gasteiger partial charge in [-0.3, -0.25) is 0 Å². The molecule has 1 aliphatic heterocycles. The summed E-state index contributed by atoms with van der Waals surface area (Å²) in [6.45, 7) is 4.04. The van der Waals surface area contributed by atoms with Crippen LogP contribution < -0.4 is 14.8 Å². The van der Waals surface area contributed by atoms with Gasteiger partial charge in [0.15, 0.2) is 16.6 Å². The van der Waals surface area contributed by atoms with Gasteiger partial charge in [0.25, 0.3) is 0 Å². The highest BCUT2D eigenvalue weighted by atomic mass is 32.1. The largest absolute Gasteiger partial charge is 0.493 e. The Labute approximate surface area is 170 Å². The number of alkyl halides is 3. The van der Waals surface area contributed by atoms with Crippen LogP contribution in [0, 0.1) is 0 Å². The van der Waals surface area contributed by atoms with Crippen molar-refractivity contribution in [3.8, 4) is 22.8 Å². The molecule has 1 aliphatic rings. The Morgan fingerprint density at radius 3 is 2.72 bits per heavy atom. The van der Waals surface area contributed by atoms with Crippen molar-refractivity contribution in [2.24, 2.45) is 0 Å². The summed E-state index contributed by atoms with van der Waals surface area (Å²) in [5, 5.41) is 5.32. The predicted octanol–water partition coefficient (Wildman–Crippen LogP) is 6.29. The average Bonchev–Trinajstić information content (AvgIpc) is 3.22. The van der Waals surface area contributed by atoms with Gasteiger partial charge >= 0.3 is 6.18 Å². The van der Waals surface area contributed by atoms with Crippen LogP contribution in [-0.2, 0) is 12.6 Å². The summed E-state index contributed by atoms with van der Waals surface area (Å²) >= 11 is 1.32. The molecule has 0 fully saturated rings. The molecule has 4 rings (SSSR count). The van der Waals surface area contributed by atoms with Gasteiger partial charge in [-0.05, 0) is 44.2 Å². The number of benzene rings is 2. The summed E-state index contributed by atoms with van der Waals surface area (Å²) in [4.78, 5) is 4.53. The van der Waals surface area contributed by atoms with Crippen molar-refractivity contribution < 1.29 is 22.6 Å². The van der Waals surface area contributed by atoms with Crippen LogP contribution in [-0.4, -0.2) is 17.7 Å². The second kappa shape index (κ2) is 6.95. The fourth-order valence-corrected chi connectivity index (χ4v) is 4.08. The van der Waals surface area contributed by atoms with Crippen LogP contribution in [0.3, 0.4) is 0 Å². The maximum absolute atomic E-state index is 12.9. The number of thiazole rings is 1. The Kier molecular flexibility index (Phi) is 4.69. The molecule has 0 saturated carbocycles. The van der Waals surface area contributed by atoms with E-state index in [0.29, 0.717) is 16.6 Å². The molecule has 152 valence electrons. The normalized spacial score (nSPS) is 15.0. The standard InChI is InChI=1S/C21H19F3N2O2S/c1-20(2)10-13-7-12(8-17(27-3)18(13)28-20)16-11-29-19(26-16)25-15-6-4-5-14(9-15)21(22,23)24/h4-9,11H,10H2,1-3H3,(H,25,26). The molecule has 0 spiro atoms. The number of fused-ring (bicyclic) bond motifs is 1. The Hall–Kier alpha value is -2.74. The molecule has 2 aromatic carbocycles. The van der Waals surface area contributed by atoms with Crippen molar-refractivity contribution in [1.29, 1.82) is 0 Å². The maximum Gasteiger partial charge on any atom is 0.416 e. The van der Waals surface area contributed by atoms with Gasteiger partial charge in [0.1, 0.15) is 5.60 Å². The number of hydrogen-bond donors (Lipinski definition) is 1. The highest BCUT2D eigenvalue weighted by Gasteiger charge is 2.33. The zero-order valence-electron chi connectivity index (χ0n) is 16.1. The Morgan fingerprint density at radius 1 is 1.21 bits per heavy atom. The van der Waals surface area contributed by atoms with Crippen LogP contribution >= 0.6 is 11.3 Å². The lowest BCUT2D eigenvalue weighted by molar-refractivity contribution is -0.137. The highest BCUT2D eigenvalue weighted by Crippen LogP contribution is 2.44. The predicted molar refractivity (Wildman–Crippen MR) is 107 cm³/mol. The summed E-state index contributed by atoms with van der Waals surface area (Å²) in [5.41, 5.74) is 1.97. The number of nitrogens with one attached hydrogen (secondary N) is 1. The summed E-state index contributed by atoms with van der Waals surface area (Å²) in [5.74, 6) is 1.39. The second-order valence-corrected chi connectivity index (χ2v) is 8.30. The third-order valence-electron chi connectivity index (χ3n) is 4.59. The highest BCUT2D eigenvalue weighted by molar-refractivity contribution is 7.14. The molecule has 8 heteroatoms. The number of ether oxygens (including phenoxy) is 2. The first-order valence-electron chi connectivity index (χ1n) is 8.95. The molecule has 0 atom stereocenters. The summed E-state index contributed by atoms with van der Waals surface area (Å²) < 4.78 is 50.2. The SMILES string of the molecule is COc1cc(-c2csc(Nc3cccc(C(F)(F)F)c3)n2)cc2c1OC(C)(C)C2. The van der Waals surface area contributed by atoms with E-state index in [1.165, 1.54) is 17.4 Å². The zero-order valence-corrected chi connectivity index (χ0v) is 16.9. The van der Waals surface area contributed by atoms with E-state index in [4.69, 9.17) is 9.47 Å². The minimum atomic E-state index is -4.39. The first-order chi connectivity index (χ1) is 13.6. The zero-order chi connectivity index (χ0) is 20.8. The minimum absolute atomic E-state index is 0.299. The molecule has 0 aliphatic carbocycles. The third kappa shape index (κ3) is 4.03. The Balaban J connectivity index is 1.61. The number of hydrogen-bond acceptors (Lipinski definition) is 5. The second-order valence-electron chi connectivity index (χ2n) is 7.45. The van der Waals surface area contributed by atoms with Gasteiger partial charge in [-0.1, -0.05) is 6.07 Å². The van der Waals surface area contributed by atoms with Crippen molar-refractivity contribution in [2.75, 3.05) is 12.4 Å². The van der Waals surface area contributed by atoms with E-state index in [1.807, 2.05) is 31.4 Å². The average molecular weight is 420 g/mol. The van der Waals surface area contributed by atoms with Crippen molar-refractivity contribution >= 4 is 22.2 Å². The van der Waals surface area contributed by atoms with Crippen molar-refractivity contribution in [1.82, 2.24) is 4.98 Å². The quantitative estimate of drug-likeness (QED) is 0.538. The third-order valence-corrected chi connectivity index (χ3v) is 5.35. The fourth-order valence-electron chi connectivity index (χ4n) is 3.34. The van der Waals surface area contributed by atoms with Crippen molar-refractivity contribution in [2.45, 2.75) is 32.0 Å². The van der Waals surface area contributed by atoms with E-state index in [2.05, 4.69) is 10.3 Å². The molecule has 0 amide bonds. The van der Waals surface area contributed by atoms with E-state index in [-0.39, 0.29) is 5.60 Å². The van der Waals surface area contributed by atoms with Crippen molar-refractivity contribution in [3.63, 3.8) is 0 Å². The van der Waals surface area contributed by atoms with E-state index in [0.717, 1.165) is 41.1 Å². The molecular weight excluding hydrogens is 401 g/mol. The van der Waals surface area contributed by atoms with Gasteiger partial charge in [0.05, 0.1) is 18.4 Å². The van der Waals surface area contributed by atoms with E-state index < -0.39 is 11.7 Å². The van der Waals surface area contributed by atoms with Crippen LogP contribution in [0.1, 0.15) is 25.0 Å². The number of methoxy groups -OCH3 is 1. The summed E-state index contributed by atoms with van der Waals surface area (Å²) in [6.07, 6.45) is -3.63. The molecule has 1 N–H and O–H groups in total. The van der Waals surface area contributed by atoms with Gasteiger partial charge in [0, 0.05) is 28.6 Å². The number of halogens is 3. The lowest BCUT2D eigenvalue weighted by Gasteiger charge is -2.17. The van der Waals surface area contributed by atoms with Crippen LogP contribution in [0.15, 0.2) is 41.8 Å². The minimum Gasteiger partial charge on any atom is -0.493 e. The van der Waals surface area contributed by atoms with Gasteiger partial charge in [-0.25, -0.2) is 4.98 Å². The molecule has 0 unspecified atom stereocenters. The molecule has 2 heterocycles. The molecule has 29 heavy (non-hydrogen) atoms. The molecule has 4 nitrogen and oxygen atoms in total. The molecule has 0 saturated heterocycles. The van der Waals surface area contributed by atoms with Crippen LogP contribution in [0.25, 0.3) is 11.3 Å². The Bertz CT molecular complexity index is 1060. The molecule has 0 bridgehead atoms. The molecule has 1 aromatic heterocycles. The number of nitrogens with zero attached hydrogens (tertiary/aromatic N) is 1. The van der Waals surface area contributed by atoms with Gasteiger partial charge in [-0.2, -0.15) is 13.2 Å². The fraction of sp³-hybridized carbons (Fsp3) is 0.286. The van der Waals surface area contributed by atoms with E-state index in [9.17, 15) is 13.2 Å². The topological polar surface area (TPSA) is 43.4 Å². The first-order valence-corrected chi connectivity index (χ1v) is 9.83. The molecular formula is C21H19F3N2O2S. The van der Waals surface area contributed by atoms with Gasteiger partial charge in [-0.15, -0.1) is 11.3 Å². The van der Waals surface area contributed by atoms with Crippen LogP contribution in [0.2, 0.25) is 0 Å². The van der Waals surface area contributed by atoms with Gasteiger partial charge < -0.3 is 14.8 Å². The number of aromatic nitrogens is 1. The Morgan fingerprint density at radius 2 is 2.00 bits per heavy atom. The van der Waals surface area contributed by atoms with E-state index in [1.54, 1.807) is 13.2 Å². The maximum atomic E-state index is 12.9. The van der Waals surface area contributed by atoms with Crippen LogP contribution in [0.5, 0.6) is 11.5 Å². The summed E-state index contributed by atoms with van der Waals surface area (Å²) in [6, 6.07) is 8.94. The van der Waals surface area contributed by atoms with E-state index >= 15 is 0 Å². The monoisotopic (exact) mass is 420 g/mol. The smallest absolute Gasteiger partial charge is 0.416 e. The summed E-state index contributed by atoms with van der Waals surface area (Å²) in [7, 11) is 1.59. The lowest BCUT2D eigenvalue weighted by Crippen LogP contribution is -2.24. The molecule has 3 aromatic rings.